The lowest BCUT2D eigenvalue weighted by molar-refractivity contribution is 0.790. The zero-order valence-electron chi connectivity index (χ0n) is 15.0. The first-order chi connectivity index (χ1) is 11.6. The Bertz CT molecular complexity index is 646. The number of nitrogens with one attached hydrogen (secondary N) is 2. The van der Waals surface area contributed by atoms with E-state index in [0.717, 1.165) is 36.2 Å². The molecule has 0 amide bonds. The van der Waals surface area contributed by atoms with Gasteiger partial charge in [-0.2, -0.15) is 0 Å². The minimum Gasteiger partial charge on any atom is -0.378 e. The number of hydrogen-bond donors (Lipinski definition) is 2. The smallest absolute Gasteiger partial charge is 0.191 e. The van der Waals surface area contributed by atoms with Crippen LogP contribution in [0.3, 0.4) is 0 Å². The van der Waals surface area contributed by atoms with Crippen LogP contribution in [0.2, 0.25) is 0 Å². The van der Waals surface area contributed by atoms with Crippen molar-refractivity contribution in [3.63, 3.8) is 0 Å². The van der Waals surface area contributed by atoms with Crippen LogP contribution in [-0.2, 0) is 13.0 Å². The van der Waals surface area contributed by atoms with Gasteiger partial charge in [0.15, 0.2) is 5.96 Å². The van der Waals surface area contributed by atoms with Gasteiger partial charge in [0.2, 0.25) is 0 Å². The number of guanidine groups is 1. The monoisotopic (exact) mass is 345 g/mol. The molecule has 0 fully saturated rings. The van der Waals surface area contributed by atoms with E-state index in [2.05, 4.69) is 62.1 Å². The second kappa shape index (κ2) is 9.27. The Labute approximate surface area is 148 Å². The third kappa shape index (κ3) is 5.85. The summed E-state index contributed by atoms with van der Waals surface area (Å²) < 4.78 is 0. The number of aromatic nitrogens is 1. The molecular weight excluding hydrogens is 318 g/mol. The average Bonchev–Trinajstić information content (AvgIpc) is 2.98. The molecule has 6 heteroatoms. The van der Waals surface area contributed by atoms with Gasteiger partial charge >= 0.3 is 0 Å². The topological polar surface area (TPSA) is 52.6 Å². The third-order valence-electron chi connectivity index (χ3n) is 3.56. The quantitative estimate of drug-likeness (QED) is 0.598. The standard InChI is InChI=1S/C18H27N5S/c1-5-19-18(20-11-10-16-13-24-14(2)22-16)21-12-15-6-8-17(9-7-15)23(3)4/h6-9,13H,5,10-12H2,1-4H3,(H2,19,20,21). The number of nitrogens with zero attached hydrogens (tertiary/aromatic N) is 3. The highest BCUT2D eigenvalue weighted by atomic mass is 32.1. The van der Waals surface area contributed by atoms with Gasteiger partial charge in [-0.1, -0.05) is 12.1 Å². The summed E-state index contributed by atoms with van der Waals surface area (Å²) in [6, 6.07) is 8.49. The minimum absolute atomic E-state index is 0.666. The molecule has 0 unspecified atom stereocenters. The zero-order chi connectivity index (χ0) is 17.4. The largest absolute Gasteiger partial charge is 0.378 e. The molecule has 0 aliphatic carbocycles. The Morgan fingerprint density at radius 3 is 2.54 bits per heavy atom. The molecule has 0 atom stereocenters. The lowest BCUT2D eigenvalue weighted by Crippen LogP contribution is -2.38. The number of aliphatic imine (C=N–C) groups is 1. The van der Waals surface area contributed by atoms with Crippen LogP contribution in [0.5, 0.6) is 0 Å². The molecule has 2 aromatic rings. The molecule has 1 heterocycles. The summed E-state index contributed by atoms with van der Waals surface area (Å²) in [5.74, 6) is 0.848. The van der Waals surface area contributed by atoms with Crippen LogP contribution in [0.15, 0.2) is 34.6 Å². The van der Waals surface area contributed by atoms with Crippen molar-refractivity contribution >= 4 is 23.0 Å². The summed E-state index contributed by atoms with van der Waals surface area (Å²) >= 11 is 1.70. The van der Waals surface area contributed by atoms with Gasteiger partial charge in [0.25, 0.3) is 0 Å². The summed E-state index contributed by atoms with van der Waals surface area (Å²) in [5.41, 5.74) is 3.54. The Kier molecular flexibility index (Phi) is 7.06. The number of hydrogen-bond acceptors (Lipinski definition) is 4. The first kappa shape index (κ1) is 18.3. The Balaban J connectivity index is 1.87. The molecule has 0 aliphatic rings. The van der Waals surface area contributed by atoms with E-state index in [9.17, 15) is 0 Å². The van der Waals surface area contributed by atoms with Crippen LogP contribution in [0.4, 0.5) is 5.69 Å². The van der Waals surface area contributed by atoms with Crippen LogP contribution in [-0.4, -0.2) is 38.1 Å². The first-order valence-electron chi connectivity index (χ1n) is 8.28. The minimum atomic E-state index is 0.666. The van der Waals surface area contributed by atoms with Crippen molar-refractivity contribution in [2.45, 2.75) is 26.8 Å². The SMILES string of the molecule is CCNC(=NCc1ccc(N(C)C)cc1)NCCc1csc(C)n1. The highest BCUT2D eigenvalue weighted by molar-refractivity contribution is 7.09. The van der Waals surface area contributed by atoms with Crippen molar-refractivity contribution in [3.8, 4) is 0 Å². The molecule has 0 radical (unpaired) electrons. The van der Waals surface area contributed by atoms with Gasteiger partial charge in [-0.15, -0.1) is 11.3 Å². The molecule has 2 N–H and O–H groups in total. The summed E-state index contributed by atoms with van der Waals surface area (Å²) in [4.78, 5) is 11.2. The zero-order valence-corrected chi connectivity index (χ0v) is 15.8. The molecule has 5 nitrogen and oxygen atoms in total. The van der Waals surface area contributed by atoms with Crippen molar-refractivity contribution in [3.05, 3.63) is 45.9 Å². The summed E-state index contributed by atoms with van der Waals surface area (Å²) in [7, 11) is 4.09. The molecule has 2 rings (SSSR count). The van der Waals surface area contributed by atoms with Gasteiger partial charge in [-0.3, -0.25) is 0 Å². The van der Waals surface area contributed by atoms with Crippen molar-refractivity contribution in [1.82, 2.24) is 15.6 Å². The maximum absolute atomic E-state index is 4.66. The molecule has 0 aliphatic heterocycles. The van der Waals surface area contributed by atoms with Crippen molar-refractivity contribution < 1.29 is 0 Å². The van der Waals surface area contributed by atoms with Crippen LogP contribution in [0.1, 0.15) is 23.2 Å². The van der Waals surface area contributed by atoms with E-state index in [1.54, 1.807) is 11.3 Å². The van der Waals surface area contributed by atoms with E-state index in [0.29, 0.717) is 6.54 Å². The van der Waals surface area contributed by atoms with Crippen molar-refractivity contribution in [1.29, 1.82) is 0 Å². The van der Waals surface area contributed by atoms with E-state index in [1.165, 1.54) is 11.3 Å². The number of anilines is 1. The molecule has 0 spiro atoms. The van der Waals surface area contributed by atoms with Gasteiger partial charge in [0.1, 0.15) is 0 Å². The summed E-state index contributed by atoms with van der Waals surface area (Å²) in [6.45, 7) is 6.45. The Morgan fingerprint density at radius 2 is 1.96 bits per heavy atom. The highest BCUT2D eigenvalue weighted by Gasteiger charge is 2.01. The summed E-state index contributed by atoms with van der Waals surface area (Å²) in [5, 5.41) is 9.90. The van der Waals surface area contributed by atoms with E-state index in [4.69, 9.17) is 0 Å². The predicted molar refractivity (Wildman–Crippen MR) is 104 cm³/mol. The van der Waals surface area contributed by atoms with E-state index in [1.807, 2.05) is 21.0 Å². The lowest BCUT2D eigenvalue weighted by atomic mass is 10.2. The van der Waals surface area contributed by atoms with E-state index < -0.39 is 0 Å². The normalized spacial score (nSPS) is 11.4. The second-order valence-electron chi connectivity index (χ2n) is 5.79. The Hall–Kier alpha value is -2.08. The maximum atomic E-state index is 4.66. The van der Waals surface area contributed by atoms with Gasteiger partial charge in [0.05, 0.1) is 17.2 Å². The molecular formula is C18H27N5S. The van der Waals surface area contributed by atoms with Crippen LogP contribution < -0.4 is 15.5 Å². The van der Waals surface area contributed by atoms with Gasteiger partial charge < -0.3 is 15.5 Å². The second-order valence-corrected chi connectivity index (χ2v) is 6.85. The number of thiazole rings is 1. The van der Waals surface area contributed by atoms with E-state index >= 15 is 0 Å². The van der Waals surface area contributed by atoms with Gasteiger partial charge in [0, 0.05) is 44.7 Å². The molecule has 0 saturated carbocycles. The van der Waals surface area contributed by atoms with Gasteiger partial charge in [-0.05, 0) is 31.5 Å². The van der Waals surface area contributed by atoms with Crippen LogP contribution in [0.25, 0.3) is 0 Å². The molecule has 1 aromatic heterocycles. The summed E-state index contributed by atoms with van der Waals surface area (Å²) in [6.07, 6.45) is 0.909. The fourth-order valence-corrected chi connectivity index (χ4v) is 2.89. The number of aryl methyl sites for hydroxylation is 1. The lowest BCUT2D eigenvalue weighted by Gasteiger charge is -2.13. The maximum Gasteiger partial charge on any atom is 0.191 e. The molecule has 1 aromatic carbocycles. The van der Waals surface area contributed by atoms with E-state index in [-0.39, 0.29) is 0 Å². The third-order valence-corrected chi connectivity index (χ3v) is 4.38. The fraction of sp³-hybridized carbons (Fsp3) is 0.444. The fourth-order valence-electron chi connectivity index (χ4n) is 2.24. The first-order valence-corrected chi connectivity index (χ1v) is 9.16. The van der Waals surface area contributed by atoms with Crippen molar-refractivity contribution in [2.75, 3.05) is 32.1 Å². The molecule has 24 heavy (non-hydrogen) atoms. The molecule has 0 saturated heterocycles. The van der Waals surface area contributed by atoms with Crippen molar-refractivity contribution in [2.24, 2.45) is 4.99 Å². The number of rotatable bonds is 7. The van der Waals surface area contributed by atoms with Crippen LogP contribution >= 0.6 is 11.3 Å². The molecule has 0 bridgehead atoms. The molecule has 130 valence electrons. The van der Waals surface area contributed by atoms with Gasteiger partial charge in [-0.25, -0.2) is 9.98 Å². The average molecular weight is 346 g/mol. The Morgan fingerprint density at radius 1 is 1.21 bits per heavy atom. The van der Waals surface area contributed by atoms with Crippen LogP contribution in [0, 0.1) is 6.92 Å². The highest BCUT2D eigenvalue weighted by Crippen LogP contribution is 2.12. The predicted octanol–water partition coefficient (Wildman–Crippen LogP) is 2.82. The number of benzene rings is 1.